The largest absolute Gasteiger partial charge is 0.468 e. The van der Waals surface area contributed by atoms with Crippen molar-refractivity contribution in [1.29, 1.82) is 0 Å². The Hall–Kier alpha value is -2.74. The second kappa shape index (κ2) is 7.22. The molecule has 0 fully saturated rings. The Kier molecular flexibility index (Phi) is 5.30. The standard InChI is InChI=1S/C15H13ClN2O6/c1-23-14(19)9-6-17-7-10(15(20)24-2)13(9)8-3-4-11(16)12(5-8)18(21)22/h3-7,9,13H,1-2H3. The molecule has 126 valence electrons. The van der Waals surface area contributed by atoms with Crippen molar-refractivity contribution in [3.8, 4) is 0 Å². The van der Waals surface area contributed by atoms with E-state index in [1.165, 1.54) is 44.8 Å². The van der Waals surface area contributed by atoms with Crippen LogP contribution in [0.5, 0.6) is 0 Å². The van der Waals surface area contributed by atoms with Crippen molar-refractivity contribution < 1.29 is 24.0 Å². The minimum absolute atomic E-state index is 0.0496. The van der Waals surface area contributed by atoms with Crippen LogP contribution in [0.3, 0.4) is 0 Å². The Labute approximate surface area is 141 Å². The highest BCUT2D eigenvalue weighted by atomic mass is 35.5. The molecular formula is C15H13ClN2O6. The molecule has 1 aliphatic heterocycles. The minimum atomic E-state index is -0.921. The van der Waals surface area contributed by atoms with Crippen molar-refractivity contribution in [2.24, 2.45) is 10.9 Å². The van der Waals surface area contributed by atoms with Crippen LogP contribution in [0, 0.1) is 16.0 Å². The minimum Gasteiger partial charge on any atom is -0.468 e. The number of benzene rings is 1. The maximum Gasteiger partial charge on any atom is 0.335 e. The predicted octanol–water partition coefficient (Wildman–Crippen LogP) is 2.26. The van der Waals surface area contributed by atoms with Gasteiger partial charge in [-0.25, -0.2) is 4.79 Å². The highest BCUT2D eigenvalue weighted by Crippen LogP contribution is 2.38. The van der Waals surface area contributed by atoms with Crippen LogP contribution in [-0.2, 0) is 19.1 Å². The molecule has 0 spiro atoms. The SMILES string of the molecule is COC(=O)C1=CN=CC(C(=O)OC)C1c1ccc(Cl)c([N+](=O)[O-])c1. The molecular weight excluding hydrogens is 340 g/mol. The lowest BCUT2D eigenvalue weighted by atomic mass is 9.79. The Bertz CT molecular complexity index is 758. The number of esters is 2. The van der Waals surface area contributed by atoms with Crippen molar-refractivity contribution in [3.63, 3.8) is 0 Å². The van der Waals surface area contributed by atoms with E-state index in [1.54, 1.807) is 0 Å². The number of nitrogens with zero attached hydrogens (tertiary/aromatic N) is 2. The van der Waals surface area contributed by atoms with Crippen LogP contribution in [-0.4, -0.2) is 37.3 Å². The molecule has 0 amide bonds. The van der Waals surface area contributed by atoms with Gasteiger partial charge < -0.3 is 9.47 Å². The van der Waals surface area contributed by atoms with Gasteiger partial charge in [0.15, 0.2) is 0 Å². The third-order valence-electron chi connectivity index (χ3n) is 3.57. The summed E-state index contributed by atoms with van der Waals surface area (Å²) in [6.07, 6.45) is 2.58. The molecule has 8 nitrogen and oxygen atoms in total. The average Bonchev–Trinajstić information content (AvgIpc) is 2.59. The Morgan fingerprint density at radius 2 is 2.00 bits per heavy atom. The van der Waals surface area contributed by atoms with Crippen LogP contribution < -0.4 is 0 Å². The number of methoxy groups -OCH3 is 2. The van der Waals surface area contributed by atoms with E-state index >= 15 is 0 Å². The summed E-state index contributed by atoms with van der Waals surface area (Å²) in [6.45, 7) is 0. The molecule has 1 heterocycles. The summed E-state index contributed by atoms with van der Waals surface area (Å²) in [5.41, 5.74) is 0.112. The number of carbonyl (C=O) groups is 2. The number of carbonyl (C=O) groups excluding carboxylic acids is 2. The van der Waals surface area contributed by atoms with E-state index in [-0.39, 0.29) is 16.3 Å². The van der Waals surface area contributed by atoms with Gasteiger partial charge in [-0.15, -0.1) is 0 Å². The maximum atomic E-state index is 12.0. The highest BCUT2D eigenvalue weighted by molar-refractivity contribution is 6.32. The first-order chi connectivity index (χ1) is 11.4. The third-order valence-corrected chi connectivity index (χ3v) is 3.89. The van der Waals surface area contributed by atoms with Crippen molar-refractivity contribution in [2.45, 2.75) is 5.92 Å². The van der Waals surface area contributed by atoms with Crippen molar-refractivity contribution in [1.82, 2.24) is 0 Å². The fourth-order valence-corrected chi connectivity index (χ4v) is 2.64. The van der Waals surface area contributed by atoms with E-state index in [1.807, 2.05) is 0 Å². The van der Waals surface area contributed by atoms with Crippen LogP contribution in [0.4, 0.5) is 5.69 Å². The Morgan fingerprint density at radius 1 is 1.29 bits per heavy atom. The van der Waals surface area contributed by atoms with Crippen LogP contribution in [0.15, 0.2) is 35.0 Å². The summed E-state index contributed by atoms with van der Waals surface area (Å²) in [7, 11) is 2.39. The van der Waals surface area contributed by atoms with E-state index in [2.05, 4.69) is 4.99 Å². The van der Waals surface area contributed by atoms with Gasteiger partial charge in [-0.2, -0.15) is 0 Å². The molecule has 0 aliphatic carbocycles. The summed E-state index contributed by atoms with van der Waals surface area (Å²) in [5.74, 6) is -3.08. The molecule has 9 heteroatoms. The summed E-state index contributed by atoms with van der Waals surface area (Å²) >= 11 is 5.82. The van der Waals surface area contributed by atoms with E-state index in [9.17, 15) is 19.7 Å². The topological polar surface area (TPSA) is 108 Å². The fourth-order valence-electron chi connectivity index (χ4n) is 2.46. The van der Waals surface area contributed by atoms with Gasteiger partial charge in [0.2, 0.25) is 0 Å². The van der Waals surface area contributed by atoms with Gasteiger partial charge in [0.05, 0.1) is 24.7 Å². The van der Waals surface area contributed by atoms with E-state index in [4.69, 9.17) is 21.1 Å². The Morgan fingerprint density at radius 3 is 2.58 bits per heavy atom. The number of nitro benzene ring substituents is 1. The smallest absolute Gasteiger partial charge is 0.335 e. The van der Waals surface area contributed by atoms with Crippen molar-refractivity contribution in [3.05, 3.63) is 50.7 Å². The molecule has 2 atom stereocenters. The third kappa shape index (κ3) is 3.28. The number of halogens is 1. The molecule has 0 radical (unpaired) electrons. The molecule has 2 rings (SSSR count). The van der Waals surface area contributed by atoms with Gasteiger partial charge in [-0.05, 0) is 11.6 Å². The van der Waals surface area contributed by atoms with Crippen LogP contribution >= 0.6 is 11.6 Å². The second-order valence-electron chi connectivity index (χ2n) is 4.87. The highest BCUT2D eigenvalue weighted by Gasteiger charge is 2.38. The Balaban J connectivity index is 2.59. The zero-order valence-corrected chi connectivity index (χ0v) is 13.5. The van der Waals surface area contributed by atoms with Gasteiger partial charge in [0.1, 0.15) is 10.9 Å². The van der Waals surface area contributed by atoms with E-state index in [0.29, 0.717) is 5.56 Å². The van der Waals surface area contributed by atoms with E-state index in [0.717, 1.165) is 0 Å². The predicted molar refractivity (Wildman–Crippen MR) is 84.9 cm³/mol. The molecule has 0 saturated carbocycles. The van der Waals surface area contributed by atoms with Crippen LogP contribution in [0.2, 0.25) is 5.02 Å². The van der Waals surface area contributed by atoms with Crippen LogP contribution in [0.25, 0.3) is 0 Å². The molecule has 0 bridgehead atoms. The molecule has 1 aromatic rings. The second-order valence-corrected chi connectivity index (χ2v) is 5.28. The number of hydrogen-bond donors (Lipinski definition) is 0. The van der Waals surface area contributed by atoms with Crippen LogP contribution in [0.1, 0.15) is 11.5 Å². The molecule has 2 unspecified atom stereocenters. The number of ether oxygens (including phenoxy) is 2. The zero-order chi connectivity index (χ0) is 17.9. The number of hydrogen-bond acceptors (Lipinski definition) is 7. The molecule has 1 aliphatic rings. The first-order valence-corrected chi connectivity index (χ1v) is 7.11. The summed E-state index contributed by atoms with van der Waals surface area (Å²) in [6, 6.07) is 4.06. The normalized spacial score (nSPS) is 19.4. The van der Waals surface area contributed by atoms with Gasteiger partial charge in [-0.3, -0.25) is 19.9 Å². The fraction of sp³-hybridized carbons (Fsp3) is 0.267. The molecule has 0 aromatic heterocycles. The first kappa shape index (κ1) is 17.6. The quantitative estimate of drug-likeness (QED) is 0.467. The summed E-state index contributed by atoms with van der Waals surface area (Å²) < 4.78 is 9.45. The molecule has 1 aromatic carbocycles. The molecule has 0 saturated heterocycles. The zero-order valence-electron chi connectivity index (χ0n) is 12.8. The number of nitro groups is 1. The summed E-state index contributed by atoms with van der Waals surface area (Å²) in [5, 5.41) is 11.0. The lowest BCUT2D eigenvalue weighted by Crippen LogP contribution is -2.31. The summed E-state index contributed by atoms with van der Waals surface area (Å²) in [4.78, 5) is 38.4. The average molecular weight is 353 g/mol. The first-order valence-electron chi connectivity index (χ1n) is 6.74. The van der Waals surface area contributed by atoms with Gasteiger partial charge in [0.25, 0.3) is 5.69 Å². The number of rotatable bonds is 4. The lowest BCUT2D eigenvalue weighted by Gasteiger charge is -2.26. The number of aliphatic imine (C=N–C) groups is 1. The van der Waals surface area contributed by atoms with E-state index < -0.39 is 28.7 Å². The van der Waals surface area contributed by atoms with Gasteiger partial charge in [0, 0.05) is 24.4 Å². The van der Waals surface area contributed by atoms with Crippen molar-refractivity contribution in [2.75, 3.05) is 14.2 Å². The molecule has 0 N–H and O–H groups in total. The molecule has 24 heavy (non-hydrogen) atoms. The lowest BCUT2D eigenvalue weighted by molar-refractivity contribution is -0.384. The monoisotopic (exact) mass is 352 g/mol. The van der Waals surface area contributed by atoms with Gasteiger partial charge in [-0.1, -0.05) is 17.7 Å². The maximum absolute atomic E-state index is 12.0. The van der Waals surface area contributed by atoms with Crippen molar-refractivity contribution >= 4 is 35.4 Å². The van der Waals surface area contributed by atoms with Gasteiger partial charge >= 0.3 is 11.9 Å².